The first-order chi connectivity index (χ1) is 12.3. The van der Waals surface area contributed by atoms with E-state index in [4.69, 9.17) is 11.6 Å². The average molecular weight is 363 g/mol. The molecule has 2 heterocycles. The highest BCUT2D eigenvalue weighted by molar-refractivity contribution is 8.00. The van der Waals surface area contributed by atoms with Crippen molar-refractivity contribution >= 4 is 40.0 Å². The second-order valence-corrected chi connectivity index (χ2v) is 7.69. The maximum atomic E-state index is 6.08. The number of fused-ring (bicyclic) bond motifs is 2. The predicted molar refractivity (Wildman–Crippen MR) is 107 cm³/mol. The number of nitrogens with one attached hydrogen (secondary N) is 2. The van der Waals surface area contributed by atoms with Crippen LogP contribution in [-0.4, -0.2) is 4.98 Å². The fourth-order valence-corrected chi connectivity index (χ4v) is 4.74. The third kappa shape index (κ3) is 2.51. The van der Waals surface area contributed by atoms with E-state index >= 15 is 0 Å². The van der Waals surface area contributed by atoms with Crippen LogP contribution in [0, 0.1) is 0 Å². The quantitative estimate of drug-likeness (QED) is 0.415. The summed E-state index contributed by atoms with van der Waals surface area (Å²) in [4.78, 5) is 4.90. The summed E-state index contributed by atoms with van der Waals surface area (Å²) in [5, 5.41) is 5.85. The van der Waals surface area contributed by atoms with Crippen molar-refractivity contribution in [1.82, 2.24) is 4.98 Å². The van der Waals surface area contributed by atoms with Crippen molar-refractivity contribution in [2.45, 2.75) is 10.3 Å². The Morgan fingerprint density at radius 1 is 0.840 bits per heavy atom. The standard InChI is InChI=1S/C21H15ClN2S/c22-14-11-9-13(10-12-14)20-19(15-5-1-2-6-16(15)23-20)21-24-17-7-3-4-8-18(17)25-21/h1-12,21,23-24H. The zero-order valence-electron chi connectivity index (χ0n) is 13.3. The molecule has 1 aliphatic heterocycles. The molecule has 5 rings (SSSR count). The van der Waals surface area contributed by atoms with Crippen LogP contribution in [0.2, 0.25) is 5.02 Å². The number of hydrogen-bond donors (Lipinski definition) is 2. The Bertz CT molecular complexity index is 1040. The number of anilines is 1. The van der Waals surface area contributed by atoms with Crippen LogP contribution < -0.4 is 5.32 Å². The number of rotatable bonds is 2. The molecule has 4 aromatic rings. The largest absolute Gasteiger partial charge is 0.368 e. The second kappa shape index (κ2) is 5.87. The minimum absolute atomic E-state index is 0.180. The summed E-state index contributed by atoms with van der Waals surface area (Å²) in [6, 6.07) is 25.0. The van der Waals surface area contributed by atoms with Gasteiger partial charge in [-0.05, 0) is 35.9 Å². The molecule has 4 heteroatoms. The Kier molecular flexibility index (Phi) is 3.51. The van der Waals surface area contributed by atoms with Gasteiger partial charge in [-0.2, -0.15) is 0 Å². The van der Waals surface area contributed by atoms with Crippen LogP contribution in [0.5, 0.6) is 0 Å². The van der Waals surface area contributed by atoms with E-state index in [-0.39, 0.29) is 5.37 Å². The van der Waals surface area contributed by atoms with Gasteiger partial charge in [-0.3, -0.25) is 0 Å². The highest BCUT2D eigenvalue weighted by atomic mass is 35.5. The Morgan fingerprint density at radius 3 is 2.44 bits per heavy atom. The van der Waals surface area contributed by atoms with Gasteiger partial charge in [0.15, 0.2) is 0 Å². The summed E-state index contributed by atoms with van der Waals surface area (Å²) in [5.74, 6) is 0. The van der Waals surface area contributed by atoms with Crippen molar-refractivity contribution in [2.75, 3.05) is 5.32 Å². The normalized spacial score (nSPS) is 16.0. The third-order valence-electron chi connectivity index (χ3n) is 4.56. The maximum absolute atomic E-state index is 6.08. The van der Waals surface area contributed by atoms with Gasteiger partial charge in [0.05, 0.1) is 5.69 Å². The molecule has 0 aliphatic carbocycles. The fraction of sp³-hybridized carbons (Fsp3) is 0.0476. The van der Waals surface area contributed by atoms with E-state index in [1.165, 1.54) is 21.5 Å². The van der Waals surface area contributed by atoms with Crippen LogP contribution >= 0.6 is 23.4 Å². The molecule has 2 nitrogen and oxygen atoms in total. The smallest absolute Gasteiger partial charge is 0.105 e. The maximum Gasteiger partial charge on any atom is 0.105 e. The van der Waals surface area contributed by atoms with E-state index in [2.05, 4.69) is 71.0 Å². The number of H-pyrrole nitrogens is 1. The van der Waals surface area contributed by atoms with E-state index in [1.807, 2.05) is 23.9 Å². The Balaban J connectivity index is 1.69. The minimum Gasteiger partial charge on any atom is -0.368 e. The van der Waals surface area contributed by atoms with Crippen LogP contribution in [0.3, 0.4) is 0 Å². The molecule has 0 bridgehead atoms. The molecule has 0 saturated carbocycles. The van der Waals surface area contributed by atoms with E-state index in [9.17, 15) is 0 Å². The zero-order valence-corrected chi connectivity index (χ0v) is 14.9. The molecule has 2 N–H and O–H groups in total. The van der Waals surface area contributed by atoms with Gasteiger partial charge in [0.1, 0.15) is 5.37 Å². The van der Waals surface area contributed by atoms with Gasteiger partial charge < -0.3 is 10.3 Å². The summed E-state index contributed by atoms with van der Waals surface area (Å²) >= 11 is 7.94. The van der Waals surface area contributed by atoms with Crippen LogP contribution in [0.15, 0.2) is 77.7 Å². The van der Waals surface area contributed by atoms with Gasteiger partial charge in [-0.25, -0.2) is 0 Å². The van der Waals surface area contributed by atoms with Gasteiger partial charge in [0.2, 0.25) is 0 Å². The van der Waals surface area contributed by atoms with Crippen LogP contribution in [0.1, 0.15) is 10.9 Å². The number of aromatic nitrogens is 1. The Morgan fingerprint density at radius 2 is 1.60 bits per heavy atom. The molecule has 25 heavy (non-hydrogen) atoms. The van der Waals surface area contributed by atoms with Crippen molar-refractivity contribution in [3.63, 3.8) is 0 Å². The number of thioether (sulfide) groups is 1. The first kappa shape index (κ1) is 14.9. The molecule has 3 aromatic carbocycles. The molecule has 0 amide bonds. The lowest BCUT2D eigenvalue weighted by atomic mass is 10.0. The molecule has 122 valence electrons. The van der Waals surface area contributed by atoms with E-state index in [0.717, 1.165) is 21.8 Å². The lowest BCUT2D eigenvalue weighted by molar-refractivity contribution is 1.15. The van der Waals surface area contributed by atoms with Crippen molar-refractivity contribution in [2.24, 2.45) is 0 Å². The number of halogens is 1. The Labute approximate surface area is 155 Å². The minimum atomic E-state index is 0.180. The highest BCUT2D eigenvalue weighted by Crippen LogP contribution is 2.50. The zero-order chi connectivity index (χ0) is 16.8. The van der Waals surface area contributed by atoms with E-state index < -0.39 is 0 Å². The molecule has 1 aliphatic rings. The van der Waals surface area contributed by atoms with E-state index in [0.29, 0.717) is 0 Å². The molecule has 0 spiro atoms. The summed E-state index contributed by atoms with van der Waals surface area (Å²) in [6.07, 6.45) is 0. The lowest BCUT2D eigenvalue weighted by Gasteiger charge is -2.13. The molecular formula is C21H15ClN2S. The van der Waals surface area contributed by atoms with Crippen LogP contribution in [-0.2, 0) is 0 Å². The number of aromatic amines is 1. The summed E-state index contributed by atoms with van der Waals surface area (Å²) in [6.45, 7) is 0. The molecule has 1 aromatic heterocycles. The second-order valence-electron chi connectivity index (χ2n) is 6.10. The number of hydrogen-bond acceptors (Lipinski definition) is 2. The fourth-order valence-electron chi connectivity index (χ4n) is 3.40. The number of benzene rings is 3. The topological polar surface area (TPSA) is 27.8 Å². The molecule has 0 fully saturated rings. The van der Waals surface area contributed by atoms with Gasteiger partial charge >= 0.3 is 0 Å². The first-order valence-corrected chi connectivity index (χ1v) is 9.44. The molecular weight excluding hydrogens is 348 g/mol. The van der Waals surface area contributed by atoms with Gasteiger partial charge in [0.25, 0.3) is 0 Å². The lowest BCUT2D eigenvalue weighted by Crippen LogP contribution is -2.02. The summed E-state index contributed by atoms with van der Waals surface area (Å²) < 4.78 is 0. The van der Waals surface area contributed by atoms with Crippen molar-refractivity contribution < 1.29 is 0 Å². The van der Waals surface area contributed by atoms with E-state index in [1.54, 1.807) is 0 Å². The predicted octanol–water partition coefficient (Wildman–Crippen LogP) is 6.70. The third-order valence-corrected chi connectivity index (χ3v) is 6.01. The van der Waals surface area contributed by atoms with Gasteiger partial charge in [-0.1, -0.05) is 65.8 Å². The first-order valence-electron chi connectivity index (χ1n) is 8.18. The molecule has 0 radical (unpaired) electrons. The molecule has 1 unspecified atom stereocenters. The molecule has 0 saturated heterocycles. The van der Waals surface area contributed by atoms with Crippen molar-refractivity contribution in [3.8, 4) is 11.3 Å². The monoisotopic (exact) mass is 362 g/mol. The van der Waals surface area contributed by atoms with Crippen LogP contribution in [0.4, 0.5) is 5.69 Å². The SMILES string of the molecule is Clc1ccc(-c2[nH]c3ccccc3c2C2Nc3ccccc3S2)cc1. The van der Waals surface area contributed by atoms with Gasteiger partial charge in [0, 0.05) is 32.1 Å². The van der Waals surface area contributed by atoms with Crippen molar-refractivity contribution in [3.05, 3.63) is 83.4 Å². The summed E-state index contributed by atoms with van der Waals surface area (Å²) in [7, 11) is 0. The summed E-state index contributed by atoms with van der Waals surface area (Å²) in [5.41, 5.74) is 5.94. The Hall–Kier alpha value is -2.36. The molecule has 1 atom stereocenters. The van der Waals surface area contributed by atoms with Crippen molar-refractivity contribution in [1.29, 1.82) is 0 Å². The van der Waals surface area contributed by atoms with Gasteiger partial charge in [-0.15, -0.1) is 0 Å². The number of para-hydroxylation sites is 2. The average Bonchev–Trinajstić information content (AvgIpc) is 3.23. The highest BCUT2D eigenvalue weighted by Gasteiger charge is 2.28. The van der Waals surface area contributed by atoms with Crippen LogP contribution in [0.25, 0.3) is 22.2 Å².